The summed E-state index contributed by atoms with van der Waals surface area (Å²) in [5.41, 5.74) is 3.91. The first-order valence-corrected chi connectivity index (χ1v) is 14.2. The zero-order chi connectivity index (χ0) is 25.6. The molecule has 2 aromatic heterocycles. The van der Waals surface area contributed by atoms with Crippen molar-refractivity contribution in [3.8, 4) is 0 Å². The number of amides is 2. The third-order valence-corrected chi connectivity index (χ3v) is 8.64. The molecular formula is C28H29N5O2S2. The maximum absolute atomic E-state index is 13.2. The molecule has 2 N–H and O–H groups in total. The van der Waals surface area contributed by atoms with Crippen molar-refractivity contribution in [2.24, 2.45) is 7.05 Å². The van der Waals surface area contributed by atoms with Gasteiger partial charge in [0, 0.05) is 24.9 Å². The van der Waals surface area contributed by atoms with E-state index < -0.39 is 0 Å². The molecule has 2 amide bonds. The number of thiophene rings is 1. The van der Waals surface area contributed by atoms with Crippen LogP contribution in [0.25, 0.3) is 0 Å². The largest absolute Gasteiger partial charge is 0.348 e. The minimum absolute atomic E-state index is 0.134. The maximum Gasteiger partial charge on any atom is 0.254 e. The summed E-state index contributed by atoms with van der Waals surface area (Å²) in [5.74, 6) is 0.737. The van der Waals surface area contributed by atoms with Gasteiger partial charge in [-0.25, -0.2) is 0 Å². The predicted molar refractivity (Wildman–Crippen MR) is 148 cm³/mol. The number of anilines is 1. The lowest BCUT2D eigenvalue weighted by Gasteiger charge is -2.13. The van der Waals surface area contributed by atoms with Gasteiger partial charge in [0.05, 0.1) is 11.3 Å². The molecule has 5 rings (SSSR count). The number of hydrogen-bond donors (Lipinski definition) is 2. The van der Waals surface area contributed by atoms with Crippen LogP contribution in [-0.4, -0.2) is 32.3 Å². The van der Waals surface area contributed by atoms with Gasteiger partial charge in [0.2, 0.25) is 5.91 Å². The van der Waals surface area contributed by atoms with E-state index in [1.165, 1.54) is 28.0 Å². The molecular weight excluding hydrogens is 502 g/mol. The molecule has 4 aromatic rings. The predicted octanol–water partition coefficient (Wildman–Crippen LogP) is 5.01. The van der Waals surface area contributed by atoms with Crippen LogP contribution in [0.5, 0.6) is 0 Å². The number of fused-ring (bicyclic) bond motifs is 1. The summed E-state index contributed by atoms with van der Waals surface area (Å²) < 4.78 is 1.93. The van der Waals surface area contributed by atoms with Gasteiger partial charge in [-0.3, -0.25) is 9.59 Å². The molecule has 0 bridgehead atoms. The fraction of sp³-hybridized carbons (Fsp3) is 0.286. The summed E-state index contributed by atoms with van der Waals surface area (Å²) in [4.78, 5) is 27.4. The number of aryl methyl sites for hydroxylation is 1. The normalized spacial score (nSPS) is 12.7. The maximum atomic E-state index is 13.2. The number of hydrogen-bond acceptors (Lipinski definition) is 6. The minimum Gasteiger partial charge on any atom is -0.348 e. The van der Waals surface area contributed by atoms with E-state index in [2.05, 4.69) is 33.0 Å². The molecule has 0 unspecified atom stereocenters. The first-order chi connectivity index (χ1) is 18.1. The number of rotatable bonds is 9. The van der Waals surface area contributed by atoms with E-state index in [1.807, 2.05) is 60.1 Å². The number of nitrogens with zero attached hydrogens (tertiary/aromatic N) is 3. The molecule has 1 aliphatic rings. The molecule has 37 heavy (non-hydrogen) atoms. The molecule has 7 nitrogen and oxygen atoms in total. The Kier molecular flexibility index (Phi) is 8.01. The smallest absolute Gasteiger partial charge is 0.254 e. The van der Waals surface area contributed by atoms with Gasteiger partial charge in [-0.1, -0.05) is 72.4 Å². The van der Waals surface area contributed by atoms with Crippen molar-refractivity contribution in [2.75, 3.05) is 11.1 Å². The van der Waals surface area contributed by atoms with Crippen LogP contribution >= 0.6 is 23.1 Å². The fourth-order valence-electron chi connectivity index (χ4n) is 4.46. The van der Waals surface area contributed by atoms with Crippen LogP contribution < -0.4 is 10.6 Å². The van der Waals surface area contributed by atoms with Crippen molar-refractivity contribution in [3.05, 3.63) is 93.6 Å². The second kappa shape index (κ2) is 11.7. The fourth-order valence-corrected chi connectivity index (χ4v) is 6.49. The average Bonchev–Trinajstić information content (AvgIpc) is 3.46. The highest BCUT2D eigenvalue weighted by Crippen LogP contribution is 2.38. The van der Waals surface area contributed by atoms with Crippen LogP contribution in [0.4, 0.5) is 5.00 Å². The van der Waals surface area contributed by atoms with Crippen LogP contribution in [0.3, 0.4) is 0 Å². The summed E-state index contributed by atoms with van der Waals surface area (Å²) in [5, 5.41) is 16.0. The topological polar surface area (TPSA) is 88.9 Å². The third-order valence-electron chi connectivity index (χ3n) is 6.41. The Labute approximate surface area is 224 Å². The van der Waals surface area contributed by atoms with Crippen LogP contribution in [0, 0.1) is 0 Å². The molecule has 0 saturated heterocycles. The Bertz CT molecular complexity index is 1380. The number of nitrogens with one attached hydrogen (secondary N) is 2. The Morgan fingerprint density at radius 1 is 0.973 bits per heavy atom. The highest BCUT2D eigenvalue weighted by Gasteiger charge is 2.26. The number of benzene rings is 2. The summed E-state index contributed by atoms with van der Waals surface area (Å²) in [6, 6.07) is 20.0. The van der Waals surface area contributed by atoms with Gasteiger partial charge in [-0.2, -0.15) is 0 Å². The first kappa shape index (κ1) is 25.2. The van der Waals surface area contributed by atoms with Gasteiger partial charge in [0.25, 0.3) is 5.91 Å². The van der Waals surface area contributed by atoms with Gasteiger partial charge in [0.15, 0.2) is 5.16 Å². The van der Waals surface area contributed by atoms with Crippen LogP contribution in [0.2, 0.25) is 0 Å². The van der Waals surface area contributed by atoms with Crippen molar-refractivity contribution in [3.63, 3.8) is 0 Å². The minimum atomic E-state index is -0.159. The van der Waals surface area contributed by atoms with Crippen molar-refractivity contribution >= 4 is 39.9 Å². The van der Waals surface area contributed by atoms with Crippen molar-refractivity contribution < 1.29 is 9.59 Å². The van der Waals surface area contributed by atoms with E-state index >= 15 is 0 Å². The number of thioether (sulfide) groups is 1. The average molecular weight is 532 g/mol. The van der Waals surface area contributed by atoms with E-state index in [0.29, 0.717) is 28.7 Å². The second-order valence-corrected chi connectivity index (χ2v) is 11.1. The monoisotopic (exact) mass is 531 g/mol. The van der Waals surface area contributed by atoms with Crippen molar-refractivity contribution in [2.45, 2.75) is 43.8 Å². The second-order valence-electron chi connectivity index (χ2n) is 9.04. The van der Waals surface area contributed by atoms with Crippen LogP contribution in [0.15, 0.2) is 65.8 Å². The lowest BCUT2D eigenvalue weighted by molar-refractivity contribution is -0.113. The Morgan fingerprint density at radius 2 is 1.68 bits per heavy atom. The van der Waals surface area contributed by atoms with E-state index in [9.17, 15) is 9.59 Å². The summed E-state index contributed by atoms with van der Waals surface area (Å²) in [6.45, 7) is 0.449. The molecule has 0 saturated carbocycles. The molecule has 0 fully saturated rings. The van der Waals surface area contributed by atoms with Gasteiger partial charge < -0.3 is 15.2 Å². The number of carbonyl (C=O) groups excluding carboxylic acids is 2. The van der Waals surface area contributed by atoms with Crippen molar-refractivity contribution in [1.29, 1.82) is 0 Å². The van der Waals surface area contributed by atoms with Gasteiger partial charge >= 0.3 is 0 Å². The summed E-state index contributed by atoms with van der Waals surface area (Å²) in [6.07, 6.45) is 4.67. The zero-order valence-electron chi connectivity index (χ0n) is 20.7. The van der Waals surface area contributed by atoms with Crippen LogP contribution in [-0.2, 0) is 37.6 Å². The van der Waals surface area contributed by atoms with E-state index in [1.54, 1.807) is 0 Å². The van der Waals surface area contributed by atoms with E-state index in [0.717, 1.165) is 48.2 Å². The molecule has 0 aliphatic heterocycles. The van der Waals surface area contributed by atoms with Gasteiger partial charge in [0.1, 0.15) is 10.8 Å². The van der Waals surface area contributed by atoms with Crippen molar-refractivity contribution in [1.82, 2.24) is 20.1 Å². The summed E-state index contributed by atoms with van der Waals surface area (Å²) in [7, 11) is 1.92. The highest BCUT2D eigenvalue weighted by atomic mass is 32.2. The lowest BCUT2D eigenvalue weighted by atomic mass is 9.95. The van der Waals surface area contributed by atoms with Gasteiger partial charge in [-0.15, -0.1) is 21.5 Å². The molecule has 1 aliphatic carbocycles. The number of aromatic nitrogens is 3. The molecule has 0 spiro atoms. The van der Waals surface area contributed by atoms with Gasteiger partial charge in [-0.05, 0) is 42.4 Å². The summed E-state index contributed by atoms with van der Waals surface area (Å²) >= 11 is 2.88. The first-order valence-electron chi connectivity index (χ1n) is 12.4. The molecule has 0 atom stereocenters. The molecule has 2 aromatic carbocycles. The lowest BCUT2D eigenvalue weighted by Crippen LogP contribution is -2.25. The standard InChI is InChI=1S/C28H29N5O2S2/c1-33-23(16-19-10-4-2-5-11-19)31-32-28(33)36-18-24(34)30-27-25(21-14-8-9-15-22(21)37-27)26(35)29-17-20-12-6-3-7-13-20/h2-7,10-13H,8-9,14-18H2,1H3,(H,29,35)(H,30,34). The Balaban J connectivity index is 1.24. The van der Waals surface area contributed by atoms with E-state index in [-0.39, 0.29) is 17.6 Å². The molecule has 0 radical (unpaired) electrons. The Hall–Kier alpha value is -3.43. The zero-order valence-corrected chi connectivity index (χ0v) is 22.3. The SMILES string of the molecule is Cn1c(Cc2ccccc2)nnc1SCC(=O)Nc1sc2c(c1C(=O)NCc1ccccc1)CCCC2. The number of carbonyl (C=O) groups is 2. The third kappa shape index (κ3) is 6.11. The highest BCUT2D eigenvalue weighted by molar-refractivity contribution is 7.99. The van der Waals surface area contributed by atoms with Crippen LogP contribution in [0.1, 0.15) is 50.6 Å². The molecule has 9 heteroatoms. The quantitative estimate of drug-likeness (QED) is 0.297. The Morgan fingerprint density at radius 3 is 2.43 bits per heavy atom. The molecule has 190 valence electrons. The van der Waals surface area contributed by atoms with E-state index in [4.69, 9.17) is 0 Å². The molecule has 2 heterocycles.